The maximum Gasteiger partial charge on any atom is 0.223 e. The second-order valence-electron chi connectivity index (χ2n) is 7.35. The zero-order valence-corrected chi connectivity index (χ0v) is 17.1. The van der Waals surface area contributed by atoms with Crippen molar-refractivity contribution in [3.63, 3.8) is 0 Å². The number of benzene rings is 1. The summed E-state index contributed by atoms with van der Waals surface area (Å²) in [6, 6.07) is 7.18. The highest BCUT2D eigenvalue weighted by atomic mass is 35.5. The van der Waals surface area contributed by atoms with Gasteiger partial charge in [-0.25, -0.2) is 0 Å². The van der Waals surface area contributed by atoms with Crippen LogP contribution < -0.4 is 5.32 Å². The molecule has 140 valence electrons. The molecule has 1 amide bonds. The van der Waals surface area contributed by atoms with E-state index >= 15 is 0 Å². The summed E-state index contributed by atoms with van der Waals surface area (Å²) in [4.78, 5) is 15.7. The molecule has 25 heavy (non-hydrogen) atoms. The van der Waals surface area contributed by atoms with E-state index in [1.807, 2.05) is 0 Å². The molecule has 0 atom stereocenters. The zero-order chi connectivity index (χ0) is 16.9. The van der Waals surface area contributed by atoms with E-state index in [2.05, 4.69) is 42.3 Å². The van der Waals surface area contributed by atoms with Gasteiger partial charge in [-0.1, -0.05) is 6.07 Å². The van der Waals surface area contributed by atoms with E-state index in [0.29, 0.717) is 18.4 Å². The standard InChI is InChI=1S/C20H30N2OS.ClH/c1-15-3-6-19(13-16(15)2)24-12-9-20(23)22-10-7-18(8-11-22)21-14-17-4-5-17;/h3,6,13,17-18,21H,4-5,7-12,14H2,1-2H3;1H. The Morgan fingerprint density at radius 2 is 1.88 bits per heavy atom. The Bertz CT molecular complexity index is 569. The molecular formula is C20H31ClN2OS. The van der Waals surface area contributed by atoms with Crippen LogP contribution in [0.15, 0.2) is 23.1 Å². The fourth-order valence-corrected chi connectivity index (χ4v) is 4.14. The molecule has 2 fully saturated rings. The molecule has 1 aromatic carbocycles. The summed E-state index contributed by atoms with van der Waals surface area (Å²) in [6.07, 6.45) is 5.69. The quantitative estimate of drug-likeness (QED) is 0.717. The Labute approximate surface area is 162 Å². The van der Waals surface area contributed by atoms with E-state index in [0.717, 1.165) is 37.6 Å². The highest BCUT2D eigenvalue weighted by Crippen LogP contribution is 2.28. The summed E-state index contributed by atoms with van der Waals surface area (Å²) in [5.41, 5.74) is 2.65. The molecule has 1 aliphatic carbocycles. The van der Waals surface area contributed by atoms with Gasteiger partial charge in [0.2, 0.25) is 5.91 Å². The average Bonchev–Trinajstić information content (AvgIpc) is 3.41. The molecule has 0 aromatic heterocycles. The number of carbonyl (C=O) groups is 1. The highest BCUT2D eigenvalue weighted by Gasteiger charge is 2.25. The fourth-order valence-electron chi connectivity index (χ4n) is 3.21. The van der Waals surface area contributed by atoms with Crippen molar-refractivity contribution in [2.75, 3.05) is 25.4 Å². The van der Waals surface area contributed by atoms with Crippen LogP contribution in [0.4, 0.5) is 0 Å². The van der Waals surface area contributed by atoms with Gasteiger partial charge >= 0.3 is 0 Å². The molecule has 1 aliphatic heterocycles. The third-order valence-corrected chi connectivity index (χ3v) is 6.30. The number of piperidine rings is 1. The number of amides is 1. The molecule has 0 unspecified atom stereocenters. The van der Waals surface area contributed by atoms with Crippen molar-refractivity contribution in [1.82, 2.24) is 10.2 Å². The minimum Gasteiger partial charge on any atom is -0.343 e. The normalized spacial score (nSPS) is 18.1. The Balaban J connectivity index is 0.00000225. The van der Waals surface area contributed by atoms with Crippen LogP contribution in [-0.4, -0.2) is 42.2 Å². The van der Waals surface area contributed by atoms with Crippen LogP contribution >= 0.6 is 24.2 Å². The smallest absolute Gasteiger partial charge is 0.223 e. The number of nitrogens with zero attached hydrogens (tertiary/aromatic N) is 1. The van der Waals surface area contributed by atoms with Gasteiger partial charge in [0, 0.05) is 36.2 Å². The Kier molecular flexibility index (Phi) is 8.11. The van der Waals surface area contributed by atoms with Crippen molar-refractivity contribution in [2.45, 2.75) is 56.9 Å². The van der Waals surface area contributed by atoms with Crippen molar-refractivity contribution in [2.24, 2.45) is 5.92 Å². The van der Waals surface area contributed by atoms with Gasteiger partial charge in [0.15, 0.2) is 0 Å². The minimum absolute atomic E-state index is 0. The Morgan fingerprint density at radius 3 is 2.52 bits per heavy atom. The fraction of sp³-hybridized carbons (Fsp3) is 0.650. The third-order valence-electron chi connectivity index (χ3n) is 5.30. The van der Waals surface area contributed by atoms with Crippen molar-refractivity contribution in [3.05, 3.63) is 29.3 Å². The van der Waals surface area contributed by atoms with E-state index in [-0.39, 0.29) is 12.4 Å². The van der Waals surface area contributed by atoms with Crippen LogP contribution in [0.25, 0.3) is 0 Å². The number of hydrogen-bond acceptors (Lipinski definition) is 3. The lowest BCUT2D eigenvalue weighted by Gasteiger charge is -2.32. The van der Waals surface area contributed by atoms with E-state index in [4.69, 9.17) is 0 Å². The predicted octanol–water partition coefficient (Wildman–Crippen LogP) is 4.20. The molecule has 1 aromatic rings. The molecule has 3 nitrogen and oxygen atoms in total. The number of nitrogens with one attached hydrogen (secondary N) is 1. The number of carbonyl (C=O) groups excluding carboxylic acids is 1. The minimum atomic E-state index is 0. The summed E-state index contributed by atoms with van der Waals surface area (Å²) < 4.78 is 0. The maximum atomic E-state index is 12.4. The van der Waals surface area contributed by atoms with Crippen LogP contribution in [0.5, 0.6) is 0 Å². The zero-order valence-electron chi connectivity index (χ0n) is 15.4. The van der Waals surface area contributed by atoms with Gasteiger partial charge in [0.25, 0.3) is 0 Å². The van der Waals surface area contributed by atoms with Gasteiger partial charge in [0.05, 0.1) is 0 Å². The lowest BCUT2D eigenvalue weighted by Crippen LogP contribution is -2.45. The van der Waals surface area contributed by atoms with E-state index < -0.39 is 0 Å². The number of hydrogen-bond donors (Lipinski definition) is 1. The number of rotatable bonds is 7. The van der Waals surface area contributed by atoms with Crippen LogP contribution in [0.3, 0.4) is 0 Å². The summed E-state index contributed by atoms with van der Waals surface area (Å²) in [6.45, 7) is 7.32. The molecule has 1 saturated heterocycles. The summed E-state index contributed by atoms with van der Waals surface area (Å²) in [5, 5.41) is 3.68. The molecule has 1 N–H and O–H groups in total. The molecule has 0 radical (unpaired) electrons. The Hall–Kier alpha value is -0.710. The largest absolute Gasteiger partial charge is 0.343 e. The van der Waals surface area contributed by atoms with Gasteiger partial charge in [-0.15, -0.1) is 24.2 Å². The van der Waals surface area contributed by atoms with Gasteiger partial charge in [-0.2, -0.15) is 0 Å². The lowest BCUT2D eigenvalue weighted by molar-refractivity contribution is -0.131. The summed E-state index contributed by atoms with van der Waals surface area (Å²) in [5.74, 6) is 2.14. The molecule has 3 rings (SSSR count). The molecule has 0 bridgehead atoms. The average molecular weight is 383 g/mol. The maximum absolute atomic E-state index is 12.4. The summed E-state index contributed by atoms with van der Waals surface area (Å²) >= 11 is 1.79. The van der Waals surface area contributed by atoms with Gasteiger partial charge in [-0.05, 0) is 75.3 Å². The summed E-state index contributed by atoms with van der Waals surface area (Å²) in [7, 11) is 0. The number of halogens is 1. The number of aryl methyl sites for hydroxylation is 2. The monoisotopic (exact) mass is 382 g/mol. The second kappa shape index (κ2) is 9.84. The topological polar surface area (TPSA) is 32.3 Å². The van der Waals surface area contributed by atoms with Crippen molar-refractivity contribution < 1.29 is 4.79 Å². The van der Waals surface area contributed by atoms with E-state index in [1.165, 1.54) is 35.4 Å². The first-order chi connectivity index (χ1) is 11.6. The van der Waals surface area contributed by atoms with Gasteiger partial charge < -0.3 is 10.2 Å². The SMILES string of the molecule is Cc1ccc(SCCC(=O)N2CCC(NCC3CC3)CC2)cc1C.Cl. The van der Waals surface area contributed by atoms with Gasteiger partial charge in [-0.3, -0.25) is 4.79 Å². The first-order valence-corrected chi connectivity index (χ1v) is 10.3. The van der Waals surface area contributed by atoms with Crippen LogP contribution in [0.2, 0.25) is 0 Å². The predicted molar refractivity (Wildman–Crippen MR) is 109 cm³/mol. The second-order valence-corrected chi connectivity index (χ2v) is 8.52. The van der Waals surface area contributed by atoms with Crippen LogP contribution in [0.1, 0.15) is 43.2 Å². The molecule has 0 spiro atoms. The number of likely N-dealkylation sites (tertiary alicyclic amines) is 1. The van der Waals surface area contributed by atoms with Gasteiger partial charge in [0.1, 0.15) is 0 Å². The van der Waals surface area contributed by atoms with Crippen molar-refractivity contribution >= 4 is 30.1 Å². The highest BCUT2D eigenvalue weighted by molar-refractivity contribution is 7.99. The first-order valence-electron chi connectivity index (χ1n) is 9.33. The molecule has 2 aliphatic rings. The van der Waals surface area contributed by atoms with Crippen LogP contribution in [0, 0.1) is 19.8 Å². The molecule has 1 saturated carbocycles. The first kappa shape index (κ1) is 20.6. The van der Waals surface area contributed by atoms with Crippen LogP contribution in [-0.2, 0) is 4.79 Å². The Morgan fingerprint density at radius 1 is 1.16 bits per heavy atom. The number of thioether (sulfide) groups is 1. The van der Waals surface area contributed by atoms with Crippen molar-refractivity contribution in [3.8, 4) is 0 Å². The van der Waals surface area contributed by atoms with E-state index in [9.17, 15) is 4.79 Å². The third kappa shape index (κ3) is 6.50. The molecule has 5 heteroatoms. The van der Waals surface area contributed by atoms with E-state index in [1.54, 1.807) is 11.8 Å². The van der Waals surface area contributed by atoms with Crippen molar-refractivity contribution in [1.29, 1.82) is 0 Å². The lowest BCUT2D eigenvalue weighted by atomic mass is 10.0. The molecule has 1 heterocycles. The molecular weight excluding hydrogens is 352 g/mol.